The Bertz CT molecular complexity index is 1090. The van der Waals surface area contributed by atoms with Gasteiger partial charge in [0.05, 0.1) is 17.3 Å². The van der Waals surface area contributed by atoms with Gasteiger partial charge >= 0.3 is 0 Å². The number of halogens is 1. The van der Waals surface area contributed by atoms with E-state index in [4.69, 9.17) is 0 Å². The maximum Gasteiger partial charge on any atom is 0.266 e. The fourth-order valence-electron chi connectivity index (χ4n) is 2.66. The molecule has 6 heteroatoms. The van der Waals surface area contributed by atoms with Gasteiger partial charge in [-0.25, -0.2) is 9.37 Å². The van der Waals surface area contributed by atoms with Gasteiger partial charge < -0.3 is 5.32 Å². The largest absolute Gasteiger partial charge is 0.338 e. The van der Waals surface area contributed by atoms with E-state index in [0.29, 0.717) is 16.9 Å². The summed E-state index contributed by atoms with van der Waals surface area (Å²) in [5, 5.41) is 4.35. The molecule has 0 bridgehead atoms. The van der Waals surface area contributed by atoms with Crippen LogP contribution in [-0.2, 0) is 0 Å². The van der Waals surface area contributed by atoms with Crippen molar-refractivity contribution in [1.29, 1.82) is 0 Å². The maximum absolute atomic E-state index is 13.1. The van der Waals surface area contributed by atoms with Crippen LogP contribution in [0.25, 0.3) is 16.5 Å². The predicted octanol–water partition coefficient (Wildman–Crippen LogP) is 3.66. The van der Waals surface area contributed by atoms with Crippen LogP contribution in [0.5, 0.6) is 0 Å². The van der Waals surface area contributed by atoms with Gasteiger partial charge in [-0.3, -0.25) is 14.3 Å². The van der Waals surface area contributed by atoms with Crippen molar-refractivity contribution in [3.63, 3.8) is 0 Å². The third-order valence-corrected chi connectivity index (χ3v) is 3.85. The Morgan fingerprint density at radius 3 is 2.60 bits per heavy atom. The molecule has 0 radical (unpaired) electrons. The number of benzene rings is 1. The number of aromatic nitrogens is 3. The van der Waals surface area contributed by atoms with Crippen molar-refractivity contribution in [3.8, 4) is 5.69 Å². The minimum atomic E-state index is -0.349. The number of nitrogens with zero attached hydrogens (tertiary/aromatic N) is 3. The van der Waals surface area contributed by atoms with E-state index in [-0.39, 0.29) is 11.4 Å². The number of nitrogens with one attached hydrogen (secondary N) is 1. The number of anilines is 2. The molecule has 3 heterocycles. The minimum absolute atomic E-state index is 0.233. The molecule has 1 aromatic carbocycles. The number of hydrogen-bond donors (Lipinski definition) is 1. The van der Waals surface area contributed by atoms with Gasteiger partial charge in [-0.05, 0) is 53.9 Å². The molecule has 0 aliphatic rings. The zero-order chi connectivity index (χ0) is 17.2. The smallest absolute Gasteiger partial charge is 0.266 e. The molecule has 0 amide bonds. The molecule has 4 aromatic rings. The van der Waals surface area contributed by atoms with Crippen LogP contribution in [0, 0.1) is 5.82 Å². The fourth-order valence-corrected chi connectivity index (χ4v) is 2.66. The zero-order valence-corrected chi connectivity index (χ0v) is 13.1. The molecule has 3 aromatic heterocycles. The van der Waals surface area contributed by atoms with Crippen molar-refractivity contribution in [2.75, 3.05) is 5.32 Å². The van der Waals surface area contributed by atoms with Crippen LogP contribution in [0.4, 0.5) is 15.9 Å². The van der Waals surface area contributed by atoms with Crippen molar-refractivity contribution in [2.45, 2.75) is 0 Å². The fraction of sp³-hybridized carbons (Fsp3) is 0. The Morgan fingerprint density at radius 1 is 1.00 bits per heavy atom. The molecule has 0 saturated carbocycles. The lowest BCUT2D eigenvalue weighted by Gasteiger charge is -2.11. The summed E-state index contributed by atoms with van der Waals surface area (Å²) in [6.07, 6.45) is 6.64. The molecule has 0 saturated heterocycles. The monoisotopic (exact) mass is 332 g/mol. The van der Waals surface area contributed by atoms with Crippen molar-refractivity contribution < 1.29 is 4.39 Å². The SMILES string of the molecule is O=c1c2c(Nc3cccnc3)nccc2ccn1-c1ccc(F)cc1. The molecule has 0 aliphatic heterocycles. The number of rotatable bonds is 3. The van der Waals surface area contributed by atoms with Gasteiger partial charge in [-0.1, -0.05) is 0 Å². The first-order valence-corrected chi connectivity index (χ1v) is 7.66. The van der Waals surface area contributed by atoms with E-state index in [2.05, 4.69) is 15.3 Å². The number of pyridine rings is 3. The van der Waals surface area contributed by atoms with E-state index in [1.54, 1.807) is 49.1 Å². The van der Waals surface area contributed by atoms with Crippen molar-refractivity contribution in [2.24, 2.45) is 0 Å². The third kappa shape index (κ3) is 2.85. The summed E-state index contributed by atoms with van der Waals surface area (Å²) in [6.45, 7) is 0. The highest BCUT2D eigenvalue weighted by Crippen LogP contribution is 2.21. The third-order valence-electron chi connectivity index (χ3n) is 3.85. The van der Waals surface area contributed by atoms with Gasteiger partial charge in [-0.2, -0.15) is 0 Å². The van der Waals surface area contributed by atoms with Crippen LogP contribution in [0.1, 0.15) is 0 Å². The molecule has 0 spiro atoms. The van der Waals surface area contributed by atoms with E-state index in [1.807, 2.05) is 12.1 Å². The molecule has 0 aliphatic carbocycles. The Labute approximate surface area is 142 Å². The van der Waals surface area contributed by atoms with Gasteiger partial charge in [0.2, 0.25) is 0 Å². The lowest BCUT2D eigenvalue weighted by Crippen LogP contribution is -2.19. The van der Waals surface area contributed by atoms with Crippen molar-refractivity contribution in [3.05, 3.63) is 89.5 Å². The summed E-state index contributed by atoms with van der Waals surface area (Å²) < 4.78 is 14.6. The maximum atomic E-state index is 13.1. The first-order valence-electron chi connectivity index (χ1n) is 7.66. The summed E-state index contributed by atoms with van der Waals surface area (Å²) >= 11 is 0. The first-order chi connectivity index (χ1) is 12.2. The second kappa shape index (κ2) is 6.16. The summed E-state index contributed by atoms with van der Waals surface area (Å²) in [7, 11) is 0. The molecule has 1 N–H and O–H groups in total. The summed E-state index contributed by atoms with van der Waals surface area (Å²) in [5.41, 5.74) is 1.09. The van der Waals surface area contributed by atoms with Crippen molar-refractivity contribution in [1.82, 2.24) is 14.5 Å². The van der Waals surface area contributed by atoms with Gasteiger partial charge in [0.25, 0.3) is 5.56 Å². The number of hydrogen-bond acceptors (Lipinski definition) is 4. The predicted molar refractivity (Wildman–Crippen MR) is 94.8 cm³/mol. The normalized spacial score (nSPS) is 10.8. The van der Waals surface area contributed by atoms with Crippen LogP contribution in [-0.4, -0.2) is 14.5 Å². The Morgan fingerprint density at radius 2 is 1.84 bits per heavy atom. The highest BCUT2D eigenvalue weighted by atomic mass is 19.1. The molecule has 0 atom stereocenters. The van der Waals surface area contributed by atoms with E-state index >= 15 is 0 Å². The summed E-state index contributed by atoms with van der Waals surface area (Å²) in [6, 6.07) is 13.0. The van der Waals surface area contributed by atoms with Gasteiger partial charge in [0.1, 0.15) is 11.6 Å². The summed E-state index contributed by atoms with van der Waals surface area (Å²) in [4.78, 5) is 21.3. The van der Waals surface area contributed by atoms with Crippen LogP contribution in [0.2, 0.25) is 0 Å². The van der Waals surface area contributed by atoms with Gasteiger partial charge in [0.15, 0.2) is 0 Å². The highest BCUT2D eigenvalue weighted by molar-refractivity contribution is 5.92. The standard InChI is InChI=1S/C19H13FN4O/c20-14-3-5-16(6-4-14)24-11-8-13-7-10-22-18(17(13)19(24)25)23-15-2-1-9-21-12-15/h1-12H,(H,22,23). The molecule has 5 nitrogen and oxygen atoms in total. The van der Waals surface area contributed by atoms with E-state index in [0.717, 1.165) is 11.1 Å². The Hall–Kier alpha value is -3.54. The van der Waals surface area contributed by atoms with Crippen LogP contribution in [0.3, 0.4) is 0 Å². The second-order valence-electron chi connectivity index (χ2n) is 5.46. The van der Waals surface area contributed by atoms with E-state index < -0.39 is 0 Å². The summed E-state index contributed by atoms with van der Waals surface area (Å²) in [5.74, 6) is 0.102. The number of fused-ring (bicyclic) bond motifs is 1. The van der Waals surface area contributed by atoms with Crippen LogP contribution >= 0.6 is 0 Å². The van der Waals surface area contributed by atoms with E-state index in [9.17, 15) is 9.18 Å². The lowest BCUT2D eigenvalue weighted by molar-refractivity contribution is 0.627. The average molecular weight is 332 g/mol. The molecule has 0 fully saturated rings. The molecule has 25 heavy (non-hydrogen) atoms. The minimum Gasteiger partial charge on any atom is -0.338 e. The van der Waals surface area contributed by atoms with Crippen LogP contribution < -0.4 is 10.9 Å². The molecule has 0 unspecified atom stereocenters. The Balaban J connectivity index is 1.89. The van der Waals surface area contributed by atoms with Gasteiger partial charge in [-0.15, -0.1) is 0 Å². The molecule has 122 valence electrons. The van der Waals surface area contributed by atoms with E-state index in [1.165, 1.54) is 16.7 Å². The van der Waals surface area contributed by atoms with Crippen molar-refractivity contribution >= 4 is 22.3 Å². The highest BCUT2D eigenvalue weighted by Gasteiger charge is 2.10. The molecule has 4 rings (SSSR count). The molecular weight excluding hydrogens is 319 g/mol. The quantitative estimate of drug-likeness (QED) is 0.622. The topological polar surface area (TPSA) is 59.8 Å². The second-order valence-corrected chi connectivity index (χ2v) is 5.46. The van der Waals surface area contributed by atoms with Crippen LogP contribution in [0.15, 0.2) is 78.1 Å². The average Bonchev–Trinajstić information content (AvgIpc) is 2.64. The zero-order valence-electron chi connectivity index (χ0n) is 13.1. The first kappa shape index (κ1) is 15.0. The Kier molecular flexibility index (Phi) is 3.70. The molecular formula is C19H13FN4O. The lowest BCUT2D eigenvalue weighted by atomic mass is 10.2. The van der Waals surface area contributed by atoms with Gasteiger partial charge in [0, 0.05) is 24.3 Å².